The Balaban J connectivity index is 1.51. The van der Waals surface area contributed by atoms with E-state index in [0.29, 0.717) is 48.2 Å². The molecule has 0 atom stereocenters. The summed E-state index contributed by atoms with van der Waals surface area (Å²) in [6, 6.07) is 10.9. The Hall–Kier alpha value is -2.71. The van der Waals surface area contributed by atoms with Gasteiger partial charge in [0.1, 0.15) is 12.3 Å². The number of benzene rings is 2. The van der Waals surface area contributed by atoms with Gasteiger partial charge in [-0.1, -0.05) is 24.3 Å². The third-order valence-electron chi connectivity index (χ3n) is 7.80. The smallest absolute Gasteiger partial charge is 0.461 e. The van der Waals surface area contributed by atoms with Crippen molar-refractivity contribution < 1.29 is 28.0 Å². The Morgan fingerprint density at radius 2 is 1.80 bits per heavy atom. The Bertz CT molecular complexity index is 1190. The zero-order valence-electron chi connectivity index (χ0n) is 20.9. The second-order valence-corrected chi connectivity index (χ2v) is 10.8. The number of carbonyl (C=O) groups is 2. The van der Waals surface area contributed by atoms with Crippen LogP contribution in [0.2, 0.25) is 0 Å². The largest absolute Gasteiger partial charge is 0.495 e. The Morgan fingerprint density at radius 1 is 1.11 bits per heavy atom. The average Bonchev–Trinajstić information content (AvgIpc) is 3.50. The molecule has 0 unspecified atom stereocenters. The predicted molar refractivity (Wildman–Crippen MR) is 131 cm³/mol. The van der Waals surface area contributed by atoms with Crippen molar-refractivity contribution in [3.8, 4) is 0 Å². The van der Waals surface area contributed by atoms with E-state index >= 15 is 0 Å². The van der Waals surface area contributed by atoms with E-state index < -0.39 is 30.0 Å². The molecule has 0 radical (unpaired) electrons. The van der Waals surface area contributed by atoms with Crippen LogP contribution in [0.3, 0.4) is 0 Å². The molecule has 1 saturated carbocycles. The van der Waals surface area contributed by atoms with Crippen molar-refractivity contribution in [2.75, 3.05) is 11.4 Å². The van der Waals surface area contributed by atoms with Crippen LogP contribution in [-0.4, -0.2) is 36.7 Å². The SMILES string of the molecule is CC(=O)OCc1c(B2OC(C)(C)C(C)(C)O2)cccc1N1CCc2cc(C3(F)CC3)ccc2C1=O. The number of amides is 1. The third-order valence-corrected chi connectivity index (χ3v) is 7.80. The number of ether oxygens (including phenoxy) is 1. The molecule has 6 nitrogen and oxygen atoms in total. The van der Waals surface area contributed by atoms with E-state index in [1.54, 1.807) is 17.0 Å². The minimum absolute atomic E-state index is 0.00906. The molecule has 2 heterocycles. The lowest BCUT2D eigenvalue weighted by molar-refractivity contribution is -0.142. The van der Waals surface area contributed by atoms with Crippen LogP contribution in [0.15, 0.2) is 36.4 Å². The van der Waals surface area contributed by atoms with E-state index in [0.717, 1.165) is 11.0 Å². The van der Waals surface area contributed by atoms with Crippen molar-refractivity contribution >= 4 is 30.1 Å². The second-order valence-electron chi connectivity index (χ2n) is 10.8. The first-order valence-corrected chi connectivity index (χ1v) is 12.2. The van der Waals surface area contributed by atoms with Gasteiger partial charge in [0.15, 0.2) is 0 Å². The summed E-state index contributed by atoms with van der Waals surface area (Å²) < 4.78 is 32.5. The molecule has 0 N–H and O–H groups in total. The topological polar surface area (TPSA) is 65.1 Å². The maximum Gasteiger partial charge on any atom is 0.495 e. The van der Waals surface area contributed by atoms with Gasteiger partial charge in [-0.3, -0.25) is 9.59 Å². The highest BCUT2D eigenvalue weighted by atomic mass is 19.1. The van der Waals surface area contributed by atoms with E-state index in [4.69, 9.17) is 14.0 Å². The zero-order chi connectivity index (χ0) is 25.2. The quantitative estimate of drug-likeness (QED) is 0.475. The molecule has 1 amide bonds. The van der Waals surface area contributed by atoms with Crippen molar-refractivity contribution in [1.82, 2.24) is 0 Å². The van der Waals surface area contributed by atoms with Gasteiger partial charge in [0.2, 0.25) is 0 Å². The fourth-order valence-corrected chi connectivity index (χ4v) is 4.76. The summed E-state index contributed by atoms with van der Waals surface area (Å²) in [6.45, 7) is 9.69. The van der Waals surface area contributed by atoms with Crippen molar-refractivity contribution in [1.29, 1.82) is 0 Å². The molecule has 184 valence electrons. The van der Waals surface area contributed by atoms with Crippen molar-refractivity contribution in [3.63, 3.8) is 0 Å². The van der Waals surface area contributed by atoms with Crippen LogP contribution < -0.4 is 10.4 Å². The minimum Gasteiger partial charge on any atom is -0.461 e. The average molecular weight is 479 g/mol. The zero-order valence-corrected chi connectivity index (χ0v) is 20.9. The Kier molecular flexibility index (Phi) is 5.60. The van der Waals surface area contributed by atoms with Crippen molar-refractivity contribution in [2.24, 2.45) is 0 Å². The maximum absolute atomic E-state index is 14.6. The normalized spacial score (nSPS) is 21.6. The Morgan fingerprint density at radius 3 is 2.43 bits per heavy atom. The van der Waals surface area contributed by atoms with E-state index in [9.17, 15) is 14.0 Å². The summed E-state index contributed by atoms with van der Waals surface area (Å²) in [5.41, 5.74) is 1.85. The molecular formula is C27H31BFNO5. The number of carbonyl (C=O) groups excluding carboxylic acids is 2. The first-order valence-electron chi connectivity index (χ1n) is 12.2. The fraction of sp³-hybridized carbons (Fsp3) is 0.481. The second kappa shape index (κ2) is 8.17. The molecule has 2 aromatic rings. The van der Waals surface area contributed by atoms with E-state index in [2.05, 4.69) is 0 Å². The van der Waals surface area contributed by atoms with Crippen LogP contribution >= 0.6 is 0 Å². The maximum atomic E-state index is 14.6. The molecule has 0 aromatic heterocycles. The molecule has 0 bridgehead atoms. The van der Waals surface area contributed by atoms with Gasteiger partial charge in [-0.15, -0.1) is 0 Å². The van der Waals surface area contributed by atoms with Crippen LogP contribution in [0.5, 0.6) is 0 Å². The van der Waals surface area contributed by atoms with Gasteiger partial charge in [0.25, 0.3) is 5.91 Å². The van der Waals surface area contributed by atoms with Crippen LogP contribution in [0, 0.1) is 0 Å². The van der Waals surface area contributed by atoms with Crippen LogP contribution in [0.25, 0.3) is 0 Å². The molecular weight excluding hydrogens is 448 g/mol. The molecule has 1 saturated heterocycles. The molecule has 0 spiro atoms. The van der Waals surface area contributed by atoms with Crippen molar-refractivity contribution in [2.45, 2.75) is 77.4 Å². The molecule has 1 aliphatic carbocycles. The summed E-state index contributed by atoms with van der Waals surface area (Å²) in [6.07, 6.45) is 1.69. The van der Waals surface area contributed by atoms with Crippen LogP contribution in [-0.2, 0) is 37.5 Å². The van der Waals surface area contributed by atoms with E-state index in [-0.39, 0.29) is 12.5 Å². The molecule has 2 fully saturated rings. The molecule has 2 aromatic carbocycles. The van der Waals surface area contributed by atoms with Gasteiger partial charge in [-0.05, 0) is 75.7 Å². The number of anilines is 1. The predicted octanol–water partition coefficient (Wildman–Crippen LogP) is 4.21. The number of esters is 1. The lowest BCUT2D eigenvalue weighted by Crippen LogP contribution is -2.42. The summed E-state index contributed by atoms with van der Waals surface area (Å²) in [7, 11) is -0.667. The summed E-state index contributed by atoms with van der Waals surface area (Å²) in [5, 5.41) is 0. The molecule has 2 aliphatic heterocycles. The lowest BCUT2D eigenvalue weighted by Gasteiger charge is -2.32. The monoisotopic (exact) mass is 479 g/mol. The van der Waals surface area contributed by atoms with Crippen molar-refractivity contribution in [3.05, 3.63) is 58.7 Å². The number of nitrogens with zero attached hydrogens (tertiary/aromatic N) is 1. The number of fused-ring (bicyclic) bond motifs is 1. The van der Waals surface area contributed by atoms with Gasteiger partial charge >= 0.3 is 13.1 Å². The molecule has 3 aliphatic rings. The number of alkyl halides is 1. The number of rotatable bonds is 5. The highest BCUT2D eigenvalue weighted by Crippen LogP contribution is 2.50. The minimum atomic E-state index is -1.23. The number of hydrogen-bond acceptors (Lipinski definition) is 5. The first kappa shape index (κ1) is 24.0. The van der Waals surface area contributed by atoms with Gasteiger partial charge in [0.05, 0.1) is 16.9 Å². The van der Waals surface area contributed by atoms with Gasteiger partial charge in [0, 0.05) is 24.6 Å². The third kappa shape index (κ3) is 4.17. The standard InChI is InChI=1S/C27H31BFNO5/c1-17(31)33-16-21-22(28-34-25(2,3)26(4,5)35-28)7-6-8-23(21)30-14-11-18-15-19(27(29)12-13-27)9-10-20(18)24(30)32/h6-10,15H,11-14,16H2,1-5H3. The first-order chi connectivity index (χ1) is 16.4. The van der Waals surface area contributed by atoms with Gasteiger partial charge < -0.3 is 18.9 Å². The molecule has 35 heavy (non-hydrogen) atoms. The summed E-state index contributed by atoms with van der Waals surface area (Å²) >= 11 is 0. The van der Waals surface area contributed by atoms with E-state index in [1.165, 1.54) is 6.92 Å². The lowest BCUT2D eigenvalue weighted by atomic mass is 9.75. The highest BCUT2D eigenvalue weighted by molar-refractivity contribution is 6.62. The van der Waals surface area contributed by atoms with Crippen LogP contribution in [0.4, 0.5) is 10.1 Å². The summed E-state index contributed by atoms with van der Waals surface area (Å²) in [4.78, 5) is 27.0. The highest BCUT2D eigenvalue weighted by Gasteiger charge is 2.52. The van der Waals surface area contributed by atoms with E-state index in [1.807, 2.05) is 52.0 Å². The van der Waals surface area contributed by atoms with Gasteiger partial charge in [-0.2, -0.15) is 0 Å². The Labute approximate surface area is 205 Å². The van der Waals surface area contributed by atoms with Gasteiger partial charge in [-0.25, -0.2) is 4.39 Å². The number of halogens is 1. The molecule has 8 heteroatoms. The van der Waals surface area contributed by atoms with Crippen LogP contribution in [0.1, 0.15) is 74.5 Å². The number of hydrogen-bond donors (Lipinski definition) is 0. The molecule has 5 rings (SSSR count). The summed E-state index contributed by atoms with van der Waals surface area (Å²) in [5.74, 6) is -0.570. The fourth-order valence-electron chi connectivity index (χ4n) is 4.76.